The Balaban J connectivity index is 3.10. The number of methoxy groups -OCH3 is 1. The predicted molar refractivity (Wildman–Crippen MR) is 61.1 cm³/mol. The molecule has 17 heavy (non-hydrogen) atoms. The Kier molecular flexibility index (Phi) is 4.74. The number of esters is 1. The first-order valence-corrected chi connectivity index (χ1v) is 5.38. The van der Waals surface area contributed by atoms with Crippen LogP contribution in [-0.2, 0) is 4.74 Å². The maximum absolute atomic E-state index is 11.3. The number of aliphatic hydroxyl groups excluding tert-OH is 2. The molecule has 2 unspecified atom stereocenters. The minimum Gasteiger partial charge on any atom is -0.508 e. The van der Waals surface area contributed by atoms with Gasteiger partial charge in [-0.15, -0.1) is 11.6 Å². The molecular weight excluding hydrogens is 248 g/mol. The Morgan fingerprint density at radius 3 is 2.65 bits per heavy atom. The molecule has 6 heteroatoms. The molecule has 0 bridgehead atoms. The van der Waals surface area contributed by atoms with Crippen molar-refractivity contribution >= 4 is 17.6 Å². The van der Waals surface area contributed by atoms with Crippen LogP contribution in [0.25, 0.3) is 0 Å². The largest absolute Gasteiger partial charge is 0.508 e. The number of alkyl halides is 1. The minimum absolute atomic E-state index is 0.0288. The predicted octanol–water partition coefficient (Wildman–Crippen LogP) is 0.812. The lowest BCUT2D eigenvalue weighted by Gasteiger charge is -2.17. The molecular formula is C11H13ClO5. The molecule has 0 saturated carbocycles. The average Bonchev–Trinajstić information content (AvgIpc) is 2.36. The number of ether oxygens (including phenoxy) is 1. The zero-order valence-electron chi connectivity index (χ0n) is 9.13. The molecule has 94 valence electrons. The first-order valence-electron chi connectivity index (χ1n) is 4.84. The molecule has 0 aliphatic carbocycles. The SMILES string of the molecule is COC(=O)c1ccc(O)c(C(O)C(O)CCl)c1. The molecule has 3 N–H and O–H groups in total. The van der Waals surface area contributed by atoms with E-state index >= 15 is 0 Å². The summed E-state index contributed by atoms with van der Waals surface area (Å²) in [5.41, 5.74) is 0.196. The zero-order valence-corrected chi connectivity index (χ0v) is 9.89. The summed E-state index contributed by atoms with van der Waals surface area (Å²) in [5.74, 6) is -1.02. The highest BCUT2D eigenvalue weighted by Crippen LogP contribution is 2.28. The maximum Gasteiger partial charge on any atom is 0.337 e. The second kappa shape index (κ2) is 5.86. The lowest BCUT2D eigenvalue weighted by Crippen LogP contribution is -2.20. The molecule has 0 saturated heterocycles. The number of carbonyl (C=O) groups is 1. The van der Waals surface area contributed by atoms with Crippen LogP contribution >= 0.6 is 11.6 Å². The van der Waals surface area contributed by atoms with Crippen LogP contribution in [0.5, 0.6) is 5.75 Å². The molecule has 0 heterocycles. The van der Waals surface area contributed by atoms with E-state index in [1.165, 1.54) is 25.3 Å². The normalized spacial score (nSPS) is 14.1. The fourth-order valence-corrected chi connectivity index (χ4v) is 1.50. The number of rotatable bonds is 4. The van der Waals surface area contributed by atoms with Crippen molar-refractivity contribution in [1.29, 1.82) is 0 Å². The summed E-state index contributed by atoms with van der Waals surface area (Å²) in [6.45, 7) is 0. The highest BCUT2D eigenvalue weighted by molar-refractivity contribution is 6.18. The third kappa shape index (κ3) is 3.09. The van der Waals surface area contributed by atoms with Gasteiger partial charge in [0, 0.05) is 5.56 Å². The fraction of sp³-hybridized carbons (Fsp3) is 0.364. The second-order valence-electron chi connectivity index (χ2n) is 3.43. The fourth-order valence-electron chi connectivity index (χ4n) is 1.33. The van der Waals surface area contributed by atoms with Gasteiger partial charge in [-0.2, -0.15) is 0 Å². The summed E-state index contributed by atoms with van der Waals surface area (Å²) in [6.07, 6.45) is -2.59. The van der Waals surface area contributed by atoms with Crippen molar-refractivity contribution in [2.45, 2.75) is 12.2 Å². The van der Waals surface area contributed by atoms with E-state index in [1.807, 2.05) is 0 Å². The van der Waals surface area contributed by atoms with Crippen molar-refractivity contribution in [3.8, 4) is 5.75 Å². The van der Waals surface area contributed by atoms with Crippen LogP contribution in [0.4, 0.5) is 0 Å². The standard InChI is InChI=1S/C11H13ClO5/c1-17-11(16)6-2-3-8(13)7(4-6)10(15)9(14)5-12/h2-4,9-10,13-15H,5H2,1H3. The molecule has 0 aromatic heterocycles. The van der Waals surface area contributed by atoms with Crippen LogP contribution in [0, 0.1) is 0 Å². The van der Waals surface area contributed by atoms with Gasteiger partial charge in [0.05, 0.1) is 24.7 Å². The summed E-state index contributed by atoms with van der Waals surface area (Å²) in [6, 6.07) is 3.85. The Morgan fingerprint density at radius 1 is 1.47 bits per heavy atom. The van der Waals surface area contributed by atoms with Crippen LogP contribution < -0.4 is 0 Å². The number of aliphatic hydroxyl groups is 2. The van der Waals surface area contributed by atoms with Crippen LogP contribution in [0.15, 0.2) is 18.2 Å². The Labute approximate surface area is 103 Å². The smallest absolute Gasteiger partial charge is 0.337 e. The second-order valence-corrected chi connectivity index (χ2v) is 3.74. The van der Waals surface area contributed by atoms with Gasteiger partial charge in [-0.1, -0.05) is 0 Å². The highest BCUT2D eigenvalue weighted by atomic mass is 35.5. The third-order valence-corrected chi connectivity index (χ3v) is 2.61. The summed E-state index contributed by atoms with van der Waals surface area (Å²) in [4.78, 5) is 11.3. The van der Waals surface area contributed by atoms with Gasteiger partial charge in [-0.25, -0.2) is 4.79 Å². The van der Waals surface area contributed by atoms with Crippen molar-refractivity contribution in [2.24, 2.45) is 0 Å². The quantitative estimate of drug-likeness (QED) is 0.551. The summed E-state index contributed by atoms with van der Waals surface area (Å²) in [7, 11) is 1.22. The lowest BCUT2D eigenvalue weighted by molar-refractivity contribution is 0.0311. The van der Waals surface area contributed by atoms with Crippen LogP contribution in [0.1, 0.15) is 22.0 Å². The van der Waals surface area contributed by atoms with Gasteiger partial charge < -0.3 is 20.1 Å². The van der Waals surface area contributed by atoms with E-state index in [4.69, 9.17) is 11.6 Å². The third-order valence-electron chi connectivity index (χ3n) is 2.29. The Hall–Kier alpha value is -1.30. The first kappa shape index (κ1) is 13.8. The molecule has 1 aromatic carbocycles. The molecule has 0 aliphatic rings. The van der Waals surface area contributed by atoms with E-state index in [9.17, 15) is 20.1 Å². The monoisotopic (exact) mass is 260 g/mol. The summed E-state index contributed by atoms with van der Waals surface area (Å²) >= 11 is 5.40. The highest BCUT2D eigenvalue weighted by Gasteiger charge is 2.22. The van der Waals surface area contributed by atoms with Gasteiger partial charge in [-0.05, 0) is 18.2 Å². The van der Waals surface area contributed by atoms with Crippen LogP contribution in [0.3, 0.4) is 0 Å². The average molecular weight is 261 g/mol. The minimum atomic E-state index is -1.36. The number of halogens is 1. The van der Waals surface area contributed by atoms with Crippen LogP contribution in [-0.4, -0.2) is 40.4 Å². The molecule has 0 spiro atoms. The van der Waals surface area contributed by atoms with Gasteiger partial charge in [-0.3, -0.25) is 0 Å². The lowest BCUT2D eigenvalue weighted by atomic mass is 10.0. The van der Waals surface area contributed by atoms with E-state index in [-0.39, 0.29) is 22.8 Å². The molecule has 2 atom stereocenters. The van der Waals surface area contributed by atoms with Gasteiger partial charge in [0.2, 0.25) is 0 Å². The first-order chi connectivity index (χ1) is 8.01. The number of carbonyl (C=O) groups excluding carboxylic acids is 1. The number of phenols is 1. The van der Waals surface area contributed by atoms with Gasteiger partial charge in [0.1, 0.15) is 11.9 Å². The van der Waals surface area contributed by atoms with E-state index in [0.29, 0.717) is 0 Å². The number of hydrogen-bond donors (Lipinski definition) is 3. The number of benzene rings is 1. The Morgan fingerprint density at radius 2 is 2.12 bits per heavy atom. The van der Waals surface area contributed by atoms with E-state index in [0.717, 1.165) is 0 Å². The van der Waals surface area contributed by atoms with Crippen molar-refractivity contribution < 1.29 is 24.9 Å². The molecule has 0 fully saturated rings. The van der Waals surface area contributed by atoms with Crippen LogP contribution in [0.2, 0.25) is 0 Å². The molecule has 0 aliphatic heterocycles. The van der Waals surface area contributed by atoms with E-state index in [2.05, 4.69) is 4.74 Å². The number of phenolic OH excluding ortho intramolecular Hbond substituents is 1. The molecule has 0 amide bonds. The van der Waals surface area contributed by atoms with E-state index in [1.54, 1.807) is 0 Å². The summed E-state index contributed by atoms with van der Waals surface area (Å²) < 4.78 is 4.51. The van der Waals surface area contributed by atoms with Crippen molar-refractivity contribution in [1.82, 2.24) is 0 Å². The van der Waals surface area contributed by atoms with E-state index < -0.39 is 18.2 Å². The molecule has 0 radical (unpaired) electrons. The van der Waals surface area contributed by atoms with Gasteiger partial charge >= 0.3 is 5.97 Å². The molecule has 5 nitrogen and oxygen atoms in total. The van der Waals surface area contributed by atoms with Crippen molar-refractivity contribution in [3.05, 3.63) is 29.3 Å². The zero-order chi connectivity index (χ0) is 13.0. The van der Waals surface area contributed by atoms with Crippen molar-refractivity contribution in [2.75, 3.05) is 13.0 Å². The number of hydrogen-bond acceptors (Lipinski definition) is 5. The summed E-state index contributed by atoms with van der Waals surface area (Å²) in [5, 5.41) is 28.6. The maximum atomic E-state index is 11.3. The van der Waals surface area contributed by atoms with Crippen molar-refractivity contribution in [3.63, 3.8) is 0 Å². The Bertz CT molecular complexity index is 407. The molecule has 1 rings (SSSR count). The van der Waals surface area contributed by atoms with Gasteiger partial charge in [0.25, 0.3) is 0 Å². The molecule has 1 aromatic rings. The topological polar surface area (TPSA) is 87.0 Å². The number of aromatic hydroxyl groups is 1. The van der Waals surface area contributed by atoms with Gasteiger partial charge in [0.15, 0.2) is 0 Å².